The Balaban J connectivity index is 0.00000240. The lowest BCUT2D eigenvalue weighted by atomic mass is 9.64. The summed E-state index contributed by atoms with van der Waals surface area (Å²) in [6.07, 6.45) is 8.24. The van der Waals surface area contributed by atoms with Gasteiger partial charge in [0.1, 0.15) is 5.82 Å². The van der Waals surface area contributed by atoms with Crippen LogP contribution in [0.15, 0.2) is 53.7 Å². The van der Waals surface area contributed by atoms with Gasteiger partial charge in [0.25, 0.3) is 0 Å². The number of anilines is 1. The number of aromatic nitrogens is 1. The van der Waals surface area contributed by atoms with Gasteiger partial charge in [0.05, 0.1) is 0 Å². The third-order valence-corrected chi connectivity index (χ3v) is 6.21. The van der Waals surface area contributed by atoms with E-state index in [-0.39, 0.29) is 29.4 Å². The summed E-state index contributed by atoms with van der Waals surface area (Å²) in [6, 6.07) is 15.2. The summed E-state index contributed by atoms with van der Waals surface area (Å²) in [5.74, 6) is 1.96. The van der Waals surface area contributed by atoms with Gasteiger partial charge >= 0.3 is 0 Å². The highest BCUT2D eigenvalue weighted by molar-refractivity contribution is 14.0. The Kier molecular flexibility index (Phi) is 7.75. The van der Waals surface area contributed by atoms with E-state index in [0.717, 1.165) is 38.0 Å². The van der Waals surface area contributed by atoms with Gasteiger partial charge in [0, 0.05) is 44.8 Å². The number of pyridine rings is 1. The molecule has 2 aromatic rings. The Bertz CT molecular complexity index is 798. The molecule has 2 fully saturated rings. The number of halogens is 1. The summed E-state index contributed by atoms with van der Waals surface area (Å²) >= 11 is 0. The third-order valence-electron chi connectivity index (χ3n) is 6.21. The summed E-state index contributed by atoms with van der Waals surface area (Å²) in [5, 5.41) is 7.03. The molecule has 1 aliphatic carbocycles. The predicted octanol–water partition coefficient (Wildman–Crippen LogP) is 4.09. The maximum absolute atomic E-state index is 4.54. The van der Waals surface area contributed by atoms with E-state index in [1.165, 1.54) is 43.2 Å². The number of rotatable bonds is 6. The lowest BCUT2D eigenvalue weighted by molar-refractivity contribution is 0.244. The van der Waals surface area contributed by atoms with Gasteiger partial charge in [-0.1, -0.05) is 36.8 Å². The molecule has 2 N–H and O–H groups in total. The van der Waals surface area contributed by atoms with Crippen LogP contribution in [-0.4, -0.2) is 37.6 Å². The fourth-order valence-corrected chi connectivity index (χ4v) is 4.31. The van der Waals surface area contributed by atoms with Gasteiger partial charge in [0.2, 0.25) is 0 Å². The number of nitrogens with one attached hydrogen (secondary N) is 2. The molecule has 0 amide bonds. The molecule has 29 heavy (non-hydrogen) atoms. The van der Waals surface area contributed by atoms with E-state index in [4.69, 9.17) is 0 Å². The summed E-state index contributed by atoms with van der Waals surface area (Å²) in [6.45, 7) is 3.91. The second-order valence-electron chi connectivity index (χ2n) is 8.00. The fraction of sp³-hybridized carbons (Fsp3) is 0.478. The van der Waals surface area contributed by atoms with Crippen molar-refractivity contribution in [3.63, 3.8) is 0 Å². The first-order valence-corrected chi connectivity index (χ1v) is 10.5. The summed E-state index contributed by atoms with van der Waals surface area (Å²) in [7, 11) is 1.84. The minimum Gasteiger partial charge on any atom is -0.357 e. The van der Waals surface area contributed by atoms with Crippen LogP contribution in [0.3, 0.4) is 0 Å². The van der Waals surface area contributed by atoms with Crippen LogP contribution in [0.5, 0.6) is 0 Å². The van der Waals surface area contributed by atoms with Crippen LogP contribution >= 0.6 is 24.0 Å². The van der Waals surface area contributed by atoms with Crippen LogP contribution < -0.4 is 15.5 Å². The number of hydrogen-bond donors (Lipinski definition) is 2. The molecule has 0 unspecified atom stereocenters. The van der Waals surface area contributed by atoms with Gasteiger partial charge in [-0.25, -0.2) is 4.98 Å². The molecule has 0 atom stereocenters. The van der Waals surface area contributed by atoms with E-state index in [1.807, 2.05) is 13.2 Å². The molecule has 2 heterocycles. The quantitative estimate of drug-likeness (QED) is 0.353. The summed E-state index contributed by atoms with van der Waals surface area (Å²) in [4.78, 5) is 11.3. The Morgan fingerprint density at radius 3 is 2.48 bits per heavy atom. The highest BCUT2D eigenvalue weighted by atomic mass is 127. The second kappa shape index (κ2) is 10.3. The highest BCUT2D eigenvalue weighted by Crippen LogP contribution is 2.43. The van der Waals surface area contributed by atoms with E-state index in [9.17, 15) is 0 Å². The van der Waals surface area contributed by atoms with Crippen molar-refractivity contribution in [2.45, 2.75) is 44.1 Å². The molecule has 1 aromatic heterocycles. The Labute approximate surface area is 191 Å². The maximum atomic E-state index is 4.54. The first-order chi connectivity index (χ1) is 13.8. The van der Waals surface area contributed by atoms with E-state index < -0.39 is 0 Å². The zero-order valence-electron chi connectivity index (χ0n) is 17.2. The minimum absolute atomic E-state index is 0. The van der Waals surface area contributed by atoms with E-state index in [0.29, 0.717) is 0 Å². The van der Waals surface area contributed by atoms with Crippen LogP contribution in [0.4, 0.5) is 5.82 Å². The smallest absolute Gasteiger partial charge is 0.191 e. The first-order valence-electron chi connectivity index (χ1n) is 10.5. The molecule has 1 saturated carbocycles. The van der Waals surface area contributed by atoms with Crippen LogP contribution in [0, 0.1) is 0 Å². The van der Waals surface area contributed by atoms with Crippen molar-refractivity contribution in [1.29, 1.82) is 0 Å². The fourth-order valence-electron chi connectivity index (χ4n) is 4.31. The predicted molar refractivity (Wildman–Crippen MR) is 131 cm³/mol. The van der Waals surface area contributed by atoms with Crippen molar-refractivity contribution in [3.05, 3.63) is 59.8 Å². The monoisotopic (exact) mass is 505 g/mol. The van der Waals surface area contributed by atoms with E-state index in [1.54, 1.807) is 0 Å². The van der Waals surface area contributed by atoms with Gasteiger partial charge in [-0.15, -0.1) is 24.0 Å². The normalized spacial score (nSPS) is 18.0. The molecule has 1 saturated heterocycles. The van der Waals surface area contributed by atoms with Gasteiger partial charge in [0.15, 0.2) is 5.96 Å². The largest absolute Gasteiger partial charge is 0.357 e. The van der Waals surface area contributed by atoms with E-state index >= 15 is 0 Å². The lowest BCUT2D eigenvalue weighted by Gasteiger charge is -2.43. The zero-order valence-corrected chi connectivity index (χ0v) is 19.6. The number of benzene rings is 1. The lowest BCUT2D eigenvalue weighted by Crippen LogP contribution is -2.48. The number of nitrogens with zero attached hydrogens (tertiary/aromatic N) is 3. The van der Waals surface area contributed by atoms with Gasteiger partial charge in [-0.05, 0) is 48.9 Å². The van der Waals surface area contributed by atoms with Crippen LogP contribution in [0.2, 0.25) is 0 Å². The molecular weight excluding hydrogens is 473 g/mol. The standard InChI is InChI=1S/C23H31N5.HI/c1-24-22(27-18-23(11-7-12-23)20-8-3-2-4-9-20)26-17-19-10-13-25-21(16-19)28-14-5-6-15-28;/h2-4,8-10,13,16H,5-7,11-12,14-15,17-18H2,1H3,(H2,24,26,27);1H. The second-order valence-corrected chi connectivity index (χ2v) is 8.00. The topological polar surface area (TPSA) is 52.6 Å². The molecule has 1 aromatic carbocycles. The molecular formula is C23H32IN5. The van der Waals surface area contributed by atoms with Crippen molar-refractivity contribution >= 4 is 35.8 Å². The molecule has 0 spiro atoms. The number of aliphatic imine (C=N–C) groups is 1. The summed E-state index contributed by atoms with van der Waals surface area (Å²) < 4.78 is 0. The van der Waals surface area contributed by atoms with Crippen LogP contribution in [-0.2, 0) is 12.0 Å². The van der Waals surface area contributed by atoms with E-state index in [2.05, 4.69) is 68.0 Å². The van der Waals surface area contributed by atoms with Crippen molar-refractivity contribution < 1.29 is 0 Å². The SMILES string of the molecule is CN=C(NCc1ccnc(N2CCCC2)c1)NCC1(c2ccccc2)CCC1.I. The Morgan fingerprint density at radius 2 is 1.83 bits per heavy atom. The molecule has 2 aliphatic rings. The molecule has 1 aliphatic heterocycles. The Morgan fingerprint density at radius 1 is 1.07 bits per heavy atom. The molecule has 156 valence electrons. The van der Waals surface area contributed by atoms with Crippen molar-refractivity contribution in [2.24, 2.45) is 4.99 Å². The first kappa shape index (κ1) is 21.9. The van der Waals surface area contributed by atoms with Gasteiger partial charge in [-0.3, -0.25) is 4.99 Å². The molecule has 5 nitrogen and oxygen atoms in total. The van der Waals surface area contributed by atoms with Crippen LogP contribution in [0.25, 0.3) is 0 Å². The highest BCUT2D eigenvalue weighted by Gasteiger charge is 2.38. The average Bonchev–Trinajstić information content (AvgIpc) is 3.25. The number of guanidine groups is 1. The van der Waals surface area contributed by atoms with Crippen molar-refractivity contribution in [3.8, 4) is 0 Å². The summed E-state index contributed by atoms with van der Waals surface area (Å²) in [5.41, 5.74) is 2.92. The van der Waals surface area contributed by atoms with Gasteiger partial charge < -0.3 is 15.5 Å². The molecule has 4 rings (SSSR count). The number of hydrogen-bond acceptors (Lipinski definition) is 3. The van der Waals surface area contributed by atoms with Crippen LogP contribution in [0.1, 0.15) is 43.2 Å². The average molecular weight is 505 g/mol. The molecule has 6 heteroatoms. The van der Waals surface area contributed by atoms with Crippen molar-refractivity contribution in [2.75, 3.05) is 31.6 Å². The zero-order chi connectivity index (χ0) is 19.2. The molecule has 0 bridgehead atoms. The minimum atomic E-state index is 0. The van der Waals surface area contributed by atoms with Gasteiger partial charge in [-0.2, -0.15) is 0 Å². The maximum Gasteiger partial charge on any atom is 0.191 e. The Hall–Kier alpha value is -1.83. The third kappa shape index (κ3) is 5.21. The molecule has 0 radical (unpaired) electrons. The van der Waals surface area contributed by atoms with Crippen molar-refractivity contribution in [1.82, 2.24) is 15.6 Å².